The van der Waals surface area contributed by atoms with Crippen LogP contribution in [0.5, 0.6) is 0 Å². The van der Waals surface area contributed by atoms with E-state index >= 15 is 4.39 Å². The lowest BCUT2D eigenvalue weighted by Gasteiger charge is -2.27. The van der Waals surface area contributed by atoms with E-state index in [1.54, 1.807) is 23.0 Å². The van der Waals surface area contributed by atoms with Gasteiger partial charge < -0.3 is 15.6 Å². The molecule has 2 amide bonds. The van der Waals surface area contributed by atoms with Crippen molar-refractivity contribution in [1.29, 1.82) is 0 Å². The molecule has 1 aliphatic heterocycles. The van der Waals surface area contributed by atoms with Gasteiger partial charge in [-0.15, -0.1) is 0 Å². The summed E-state index contributed by atoms with van der Waals surface area (Å²) in [5.41, 5.74) is 1.32. The Morgan fingerprint density at radius 2 is 1.92 bits per heavy atom. The van der Waals surface area contributed by atoms with Gasteiger partial charge in [0.25, 0.3) is 5.91 Å². The Morgan fingerprint density at radius 1 is 1.21 bits per heavy atom. The Labute approximate surface area is 221 Å². The summed E-state index contributed by atoms with van der Waals surface area (Å²) in [5.74, 6) is -0.967. The number of imidazole rings is 1. The van der Waals surface area contributed by atoms with E-state index in [9.17, 15) is 22.8 Å². The lowest BCUT2D eigenvalue weighted by molar-refractivity contribution is -0.154. The van der Waals surface area contributed by atoms with E-state index in [1.165, 1.54) is 6.07 Å². The zero-order valence-electron chi connectivity index (χ0n) is 21.4. The number of hydrogen-bond donors (Lipinski definition) is 3. The van der Waals surface area contributed by atoms with Gasteiger partial charge in [-0.05, 0) is 87.0 Å². The van der Waals surface area contributed by atoms with Gasteiger partial charge in [0.05, 0.1) is 11.6 Å². The number of alkyl halides is 3. The van der Waals surface area contributed by atoms with Crippen molar-refractivity contribution in [1.82, 2.24) is 30.4 Å². The third-order valence-corrected chi connectivity index (χ3v) is 8.25. The highest BCUT2D eigenvalue weighted by Crippen LogP contribution is 2.54. The van der Waals surface area contributed by atoms with Crippen LogP contribution in [0.2, 0.25) is 0 Å². The van der Waals surface area contributed by atoms with Crippen molar-refractivity contribution in [2.75, 3.05) is 0 Å². The second-order valence-corrected chi connectivity index (χ2v) is 11.1. The quantitative estimate of drug-likeness (QED) is 0.345. The van der Waals surface area contributed by atoms with Crippen molar-refractivity contribution in [2.24, 2.45) is 23.7 Å². The van der Waals surface area contributed by atoms with Gasteiger partial charge in [-0.2, -0.15) is 18.3 Å². The average Bonchev–Trinajstić information content (AvgIpc) is 3.77. The van der Waals surface area contributed by atoms with Crippen LogP contribution < -0.4 is 10.6 Å². The van der Waals surface area contributed by atoms with Gasteiger partial charge in [0.2, 0.25) is 5.91 Å². The number of halogens is 4. The van der Waals surface area contributed by atoms with Crippen molar-refractivity contribution < 1.29 is 27.2 Å². The van der Waals surface area contributed by atoms with E-state index in [4.69, 9.17) is 0 Å². The van der Waals surface area contributed by atoms with Crippen molar-refractivity contribution in [2.45, 2.75) is 70.3 Å². The normalized spacial score (nSPS) is 22.5. The van der Waals surface area contributed by atoms with Gasteiger partial charge in [-0.25, -0.2) is 9.37 Å². The molecule has 1 saturated heterocycles. The predicted octanol–water partition coefficient (Wildman–Crippen LogP) is 4.44. The SMILES string of the molecule is CCn1nccc1C(=O)NC(c1nc2c(F)cc(CC3CC(C(F)(F)F)NC3=O)cc2[nH]1)C(C1CC1)C1CC1. The van der Waals surface area contributed by atoms with Crippen molar-refractivity contribution in [3.63, 3.8) is 0 Å². The molecular formula is C27H30F4N6O2. The zero-order valence-corrected chi connectivity index (χ0v) is 21.4. The van der Waals surface area contributed by atoms with Crippen LogP contribution in [0.15, 0.2) is 24.4 Å². The maximum atomic E-state index is 15.2. The standard InChI is InChI=1S/C27H30F4N6O2/c1-2-37-19(7-8-32-37)26(39)36-23(21(14-3-4-14)15-5-6-15)24-33-18-11-13(10-17(28)22(18)35-24)9-16-12-20(27(29,30)31)34-25(16)38/h7-8,10-11,14-16,20-21,23H,2-6,9,12H2,1H3,(H,33,35)(H,34,38)(H,36,39). The summed E-state index contributed by atoms with van der Waals surface area (Å²) >= 11 is 0. The number of nitrogens with one attached hydrogen (secondary N) is 3. The number of rotatable bonds is 9. The fourth-order valence-corrected chi connectivity index (χ4v) is 6.06. The van der Waals surface area contributed by atoms with E-state index in [0.717, 1.165) is 25.7 Å². The molecule has 2 saturated carbocycles. The average molecular weight is 547 g/mol. The molecule has 8 nitrogen and oxygen atoms in total. The molecule has 0 radical (unpaired) electrons. The van der Waals surface area contributed by atoms with Crippen LogP contribution in [0, 0.1) is 29.5 Å². The van der Waals surface area contributed by atoms with Gasteiger partial charge in [0.1, 0.15) is 23.1 Å². The van der Waals surface area contributed by atoms with Crippen LogP contribution in [0.1, 0.15) is 66.9 Å². The van der Waals surface area contributed by atoms with E-state index in [1.807, 2.05) is 12.2 Å². The third kappa shape index (κ3) is 5.12. The topological polar surface area (TPSA) is 105 Å². The summed E-state index contributed by atoms with van der Waals surface area (Å²) in [6.45, 7) is 2.44. The zero-order chi connectivity index (χ0) is 27.5. The number of aromatic amines is 1. The number of amides is 2. The molecular weight excluding hydrogens is 516 g/mol. The minimum Gasteiger partial charge on any atom is -0.344 e. The van der Waals surface area contributed by atoms with Crippen molar-refractivity contribution in [3.8, 4) is 0 Å². The number of carbonyl (C=O) groups excluding carboxylic acids is 2. The Balaban J connectivity index is 1.30. The van der Waals surface area contributed by atoms with Crippen LogP contribution in [0.3, 0.4) is 0 Å². The summed E-state index contributed by atoms with van der Waals surface area (Å²) in [6.07, 6.45) is 0.932. The second kappa shape index (κ2) is 9.63. The fourth-order valence-electron chi connectivity index (χ4n) is 6.06. The fraction of sp³-hybridized carbons (Fsp3) is 0.556. The first kappa shape index (κ1) is 25.8. The summed E-state index contributed by atoms with van der Waals surface area (Å²) in [4.78, 5) is 33.2. The first-order valence-electron chi connectivity index (χ1n) is 13.5. The lowest BCUT2D eigenvalue weighted by atomic mass is 9.88. The number of aromatic nitrogens is 4. The van der Waals surface area contributed by atoms with Crippen molar-refractivity contribution in [3.05, 3.63) is 47.3 Å². The largest absolute Gasteiger partial charge is 0.408 e. The molecule has 1 aromatic carbocycles. The van der Waals surface area contributed by atoms with Gasteiger partial charge >= 0.3 is 6.18 Å². The molecule has 3 atom stereocenters. The third-order valence-electron chi connectivity index (χ3n) is 8.25. The molecule has 3 N–H and O–H groups in total. The molecule has 2 aromatic heterocycles. The van der Waals surface area contributed by atoms with Gasteiger partial charge in [-0.1, -0.05) is 0 Å². The Bertz CT molecular complexity index is 1390. The number of aryl methyl sites for hydroxylation is 1. The molecule has 3 aromatic rings. The summed E-state index contributed by atoms with van der Waals surface area (Å²) < 4.78 is 56.1. The molecule has 3 heterocycles. The predicted molar refractivity (Wildman–Crippen MR) is 133 cm³/mol. The molecule has 3 aliphatic rings. The van der Waals surface area contributed by atoms with Crippen LogP contribution in [0.4, 0.5) is 17.6 Å². The first-order chi connectivity index (χ1) is 18.6. The van der Waals surface area contributed by atoms with E-state index in [2.05, 4.69) is 20.4 Å². The molecule has 6 rings (SSSR count). The maximum Gasteiger partial charge on any atom is 0.408 e. The number of benzene rings is 1. The number of carbonyl (C=O) groups is 2. The number of hydrogen-bond acceptors (Lipinski definition) is 4. The van der Waals surface area contributed by atoms with E-state index < -0.39 is 35.9 Å². The molecule has 2 aliphatic carbocycles. The second-order valence-electron chi connectivity index (χ2n) is 11.1. The highest BCUT2D eigenvalue weighted by molar-refractivity contribution is 5.92. The smallest absolute Gasteiger partial charge is 0.344 e. The Morgan fingerprint density at radius 3 is 2.54 bits per heavy atom. The molecule has 0 spiro atoms. The molecule has 12 heteroatoms. The maximum absolute atomic E-state index is 15.2. The summed E-state index contributed by atoms with van der Waals surface area (Å²) in [6, 6.07) is 2.18. The van der Waals surface area contributed by atoms with Crippen LogP contribution >= 0.6 is 0 Å². The lowest BCUT2D eigenvalue weighted by Crippen LogP contribution is -2.38. The van der Waals surface area contributed by atoms with Crippen LogP contribution in [-0.4, -0.2) is 43.8 Å². The van der Waals surface area contributed by atoms with Crippen LogP contribution in [-0.2, 0) is 17.8 Å². The van der Waals surface area contributed by atoms with Crippen molar-refractivity contribution >= 4 is 22.8 Å². The minimum atomic E-state index is -4.52. The molecule has 0 bridgehead atoms. The molecule has 3 fully saturated rings. The van der Waals surface area contributed by atoms with E-state index in [0.29, 0.717) is 41.0 Å². The van der Waals surface area contributed by atoms with E-state index in [-0.39, 0.29) is 30.2 Å². The molecule has 39 heavy (non-hydrogen) atoms. The summed E-state index contributed by atoms with van der Waals surface area (Å²) in [7, 11) is 0. The number of H-pyrrole nitrogens is 1. The Hall–Kier alpha value is -3.44. The highest BCUT2D eigenvalue weighted by atomic mass is 19.4. The molecule has 3 unspecified atom stereocenters. The van der Waals surface area contributed by atoms with Gasteiger partial charge in [-0.3, -0.25) is 14.3 Å². The monoisotopic (exact) mass is 546 g/mol. The van der Waals surface area contributed by atoms with Gasteiger partial charge in [0, 0.05) is 18.7 Å². The number of fused-ring (bicyclic) bond motifs is 1. The first-order valence-corrected chi connectivity index (χ1v) is 13.5. The van der Waals surface area contributed by atoms with Crippen LogP contribution in [0.25, 0.3) is 11.0 Å². The van der Waals surface area contributed by atoms with Gasteiger partial charge in [0.15, 0.2) is 5.82 Å². The summed E-state index contributed by atoms with van der Waals surface area (Å²) in [5, 5.41) is 9.34. The minimum absolute atomic E-state index is 0.0203. The number of nitrogens with zero attached hydrogens (tertiary/aromatic N) is 3. The highest BCUT2D eigenvalue weighted by Gasteiger charge is 2.49. The molecule has 208 valence electrons. The Kier molecular flexibility index (Phi) is 6.38.